The largest absolute Gasteiger partial charge is 0.394 e. The third kappa shape index (κ3) is 9.36. The smallest absolute Gasteiger partial charge is 0.346 e. The van der Waals surface area contributed by atoms with Crippen molar-refractivity contribution in [3.05, 3.63) is 71.8 Å². The molecule has 8 heteroatoms. The summed E-state index contributed by atoms with van der Waals surface area (Å²) in [5, 5.41) is 18.0. The molecule has 0 bridgehead atoms. The molecule has 0 unspecified atom stereocenters. The molecule has 2 rings (SSSR count). The van der Waals surface area contributed by atoms with Crippen molar-refractivity contribution in [3.63, 3.8) is 0 Å². The number of carbonyl (C=O) groups is 2. The topological polar surface area (TPSA) is 106 Å². The van der Waals surface area contributed by atoms with Crippen molar-refractivity contribution < 1.29 is 34.2 Å². The number of benzene rings is 2. The molecule has 2 N–H and O–H groups in total. The number of nitrogens with zero attached hydrogens (tertiary/aromatic N) is 1. The number of hydrogen-bond acceptors (Lipinski definition) is 8. The minimum absolute atomic E-state index is 0.0427. The number of carbonyl (C=O) groups excluding carboxylic acids is 2. The first-order valence-corrected chi connectivity index (χ1v) is 8.74. The van der Waals surface area contributed by atoms with Gasteiger partial charge in [-0.3, -0.25) is 9.68 Å². The SMILES string of the molecule is CCN(OCCO)OCCO.O=C(OC(=O)c1ccccc1)c1ccccc1. The van der Waals surface area contributed by atoms with Crippen molar-refractivity contribution in [1.82, 2.24) is 5.23 Å². The maximum absolute atomic E-state index is 11.6. The second-order valence-electron chi connectivity index (χ2n) is 5.17. The minimum Gasteiger partial charge on any atom is -0.394 e. The molecule has 0 spiro atoms. The predicted octanol–water partition coefficient (Wildman–Crippen LogP) is 1.84. The van der Waals surface area contributed by atoms with Crippen molar-refractivity contribution in [1.29, 1.82) is 0 Å². The summed E-state index contributed by atoms with van der Waals surface area (Å²) >= 11 is 0. The van der Waals surface area contributed by atoms with Crippen molar-refractivity contribution in [2.45, 2.75) is 6.92 Å². The zero-order valence-electron chi connectivity index (χ0n) is 15.7. The molecule has 0 radical (unpaired) electrons. The van der Waals surface area contributed by atoms with Gasteiger partial charge in [-0.2, -0.15) is 0 Å². The molecule has 0 atom stereocenters. The number of hydroxylamine groups is 2. The van der Waals surface area contributed by atoms with Crippen molar-refractivity contribution >= 4 is 11.9 Å². The van der Waals surface area contributed by atoms with E-state index < -0.39 is 11.9 Å². The fourth-order valence-electron chi connectivity index (χ4n) is 1.86. The number of aliphatic hydroxyl groups excluding tert-OH is 2. The van der Waals surface area contributed by atoms with E-state index >= 15 is 0 Å². The zero-order valence-corrected chi connectivity index (χ0v) is 15.7. The summed E-state index contributed by atoms with van der Waals surface area (Å²) in [7, 11) is 0. The lowest BCUT2D eigenvalue weighted by Crippen LogP contribution is -2.26. The first-order chi connectivity index (χ1) is 13.6. The lowest BCUT2D eigenvalue weighted by molar-refractivity contribution is -0.369. The number of aliphatic hydroxyl groups is 2. The average Bonchev–Trinajstić information content (AvgIpc) is 2.75. The van der Waals surface area contributed by atoms with Crippen molar-refractivity contribution in [2.24, 2.45) is 0 Å². The van der Waals surface area contributed by atoms with Crippen LogP contribution < -0.4 is 0 Å². The number of hydrogen-bond donors (Lipinski definition) is 2. The molecule has 0 heterocycles. The zero-order chi connectivity index (χ0) is 20.6. The number of esters is 2. The van der Waals surface area contributed by atoms with E-state index in [-0.39, 0.29) is 26.4 Å². The molecule has 0 aromatic heterocycles. The highest BCUT2D eigenvalue weighted by Gasteiger charge is 2.13. The third-order valence-corrected chi connectivity index (χ3v) is 3.12. The Hall–Kier alpha value is -2.62. The number of ether oxygens (including phenoxy) is 1. The quantitative estimate of drug-likeness (QED) is 0.379. The van der Waals surface area contributed by atoms with Crippen LogP contribution in [-0.4, -0.2) is 60.4 Å². The Balaban J connectivity index is 0.000000311. The summed E-state index contributed by atoms with van der Waals surface area (Å²) in [6.45, 7) is 2.73. The van der Waals surface area contributed by atoms with Crippen LogP contribution in [0.15, 0.2) is 60.7 Å². The van der Waals surface area contributed by atoms with Gasteiger partial charge in [0.05, 0.1) is 37.6 Å². The summed E-state index contributed by atoms with van der Waals surface area (Å²) < 4.78 is 4.74. The van der Waals surface area contributed by atoms with Crippen LogP contribution >= 0.6 is 0 Å². The second-order valence-corrected chi connectivity index (χ2v) is 5.17. The van der Waals surface area contributed by atoms with Crippen LogP contribution in [0.4, 0.5) is 0 Å². The molecule has 0 aliphatic heterocycles. The highest BCUT2D eigenvalue weighted by molar-refractivity contribution is 6.02. The standard InChI is InChI=1S/C14H10O3.C6H15NO4/c15-13(11-7-3-1-4-8-11)17-14(16)12-9-5-2-6-10-12;1-2-7(10-5-3-8)11-6-4-9/h1-10H;8-9H,2-6H2,1H3. The second kappa shape index (κ2) is 14.4. The Morgan fingerprint density at radius 1 is 0.786 bits per heavy atom. The first kappa shape index (κ1) is 23.4. The first-order valence-electron chi connectivity index (χ1n) is 8.74. The Labute approximate surface area is 163 Å². The van der Waals surface area contributed by atoms with Gasteiger partial charge in [-0.05, 0) is 31.2 Å². The Kier molecular flexibility index (Phi) is 12.1. The van der Waals surface area contributed by atoms with E-state index in [1.54, 1.807) is 60.7 Å². The minimum atomic E-state index is -0.639. The average molecular weight is 391 g/mol. The van der Waals surface area contributed by atoms with Gasteiger partial charge < -0.3 is 14.9 Å². The summed E-state index contributed by atoms with van der Waals surface area (Å²) in [4.78, 5) is 33.0. The van der Waals surface area contributed by atoms with Crippen LogP contribution in [0.1, 0.15) is 27.6 Å². The van der Waals surface area contributed by atoms with E-state index in [1.807, 2.05) is 6.92 Å². The maximum Gasteiger partial charge on any atom is 0.346 e. The van der Waals surface area contributed by atoms with E-state index in [0.29, 0.717) is 17.7 Å². The molecule has 2 aromatic rings. The monoisotopic (exact) mass is 391 g/mol. The highest BCUT2D eigenvalue weighted by Crippen LogP contribution is 2.06. The molecule has 0 saturated carbocycles. The highest BCUT2D eigenvalue weighted by atomic mass is 16.9. The van der Waals surface area contributed by atoms with Gasteiger partial charge in [0.25, 0.3) is 0 Å². The lowest BCUT2D eigenvalue weighted by Gasteiger charge is -2.17. The number of rotatable bonds is 9. The molecule has 0 saturated heterocycles. The molecular formula is C20H25NO7. The molecule has 152 valence electrons. The normalized spacial score (nSPS) is 10.1. The van der Waals surface area contributed by atoms with Crippen LogP contribution in [0, 0.1) is 0 Å². The van der Waals surface area contributed by atoms with Gasteiger partial charge in [-0.25, -0.2) is 9.59 Å². The van der Waals surface area contributed by atoms with E-state index in [9.17, 15) is 9.59 Å². The maximum atomic E-state index is 11.6. The van der Waals surface area contributed by atoms with Gasteiger partial charge in [-0.1, -0.05) is 41.6 Å². The molecule has 0 aliphatic carbocycles. The van der Waals surface area contributed by atoms with Crippen molar-refractivity contribution in [2.75, 3.05) is 33.0 Å². The van der Waals surface area contributed by atoms with E-state index in [1.165, 1.54) is 5.23 Å². The molecule has 0 fully saturated rings. The molecule has 0 aliphatic rings. The fourth-order valence-corrected chi connectivity index (χ4v) is 1.86. The van der Waals surface area contributed by atoms with Crippen LogP contribution in [0.25, 0.3) is 0 Å². The van der Waals surface area contributed by atoms with Crippen LogP contribution in [-0.2, 0) is 14.4 Å². The summed E-state index contributed by atoms with van der Waals surface area (Å²) in [6.07, 6.45) is 0. The summed E-state index contributed by atoms with van der Waals surface area (Å²) in [6, 6.07) is 16.8. The fraction of sp³-hybridized carbons (Fsp3) is 0.300. The summed E-state index contributed by atoms with van der Waals surface area (Å²) in [5.41, 5.74) is 0.716. The van der Waals surface area contributed by atoms with Crippen LogP contribution in [0.3, 0.4) is 0 Å². The molecule has 28 heavy (non-hydrogen) atoms. The Morgan fingerprint density at radius 2 is 1.18 bits per heavy atom. The van der Waals surface area contributed by atoms with Gasteiger partial charge in [0.1, 0.15) is 0 Å². The third-order valence-electron chi connectivity index (χ3n) is 3.12. The molecule has 2 aromatic carbocycles. The Morgan fingerprint density at radius 3 is 1.50 bits per heavy atom. The molecule has 8 nitrogen and oxygen atoms in total. The lowest BCUT2D eigenvalue weighted by atomic mass is 10.2. The Bertz CT molecular complexity index is 622. The van der Waals surface area contributed by atoms with Crippen LogP contribution in [0.2, 0.25) is 0 Å². The van der Waals surface area contributed by atoms with Gasteiger partial charge in [0.15, 0.2) is 0 Å². The molecular weight excluding hydrogens is 366 g/mol. The van der Waals surface area contributed by atoms with E-state index in [2.05, 4.69) is 0 Å². The van der Waals surface area contributed by atoms with Gasteiger partial charge in [0.2, 0.25) is 0 Å². The van der Waals surface area contributed by atoms with Gasteiger partial charge >= 0.3 is 11.9 Å². The van der Waals surface area contributed by atoms with E-state index in [0.717, 1.165) is 0 Å². The van der Waals surface area contributed by atoms with Gasteiger partial charge in [0, 0.05) is 6.54 Å². The van der Waals surface area contributed by atoms with E-state index in [4.69, 9.17) is 24.6 Å². The molecule has 0 amide bonds. The summed E-state index contributed by atoms with van der Waals surface area (Å²) in [5.74, 6) is -1.28. The predicted molar refractivity (Wildman–Crippen MR) is 101 cm³/mol. The van der Waals surface area contributed by atoms with Crippen molar-refractivity contribution in [3.8, 4) is 0 Å². The van der Waals surface area contributed by atoms with Crippen LogP contribution in [0.5, 0.6) is 0 Å². The van der Waals surface area contributed by atoms with Gasteiger partial charge in [-0.15, -0.1) is 0 Å².